The van der Waals surface area contributed by atoms with Gasteiger partial charge in [0.25, 0.3) is 17.5 Å². The SMILES string of the molecule is Cc1cc(C(C)Nc2ccc(Cl)nc2C(N)=O)c2nc(OC3CCC3)n(C)c(=O)c2c1. The van der Waals surface area contributed by atoms with E-state index < -0.39 is 5.91 Å². The summed E-state index contributed by atoms with van der Waals surface area (Å²) in [5.74, 6) is -0.686. The van der Waals surface area contributed by atoms with E-state index in [1.54, 1.807) is 19.2 Å². The fourth-order valence-corrected chi connectivity index (χ4v) is 3.80. The number of rotatable bonds is 6. The summed E-state index contributed by atoms with van der Waals surface area (Å²) in [4.78, 5) is 33.6. The van der Waals surface area contributed by atoms with Crippen LogP contribution in [-0.4, -0.2) is 26.5 Å². The summed E-state index contributed by atoms with van der Waals surface area (Å²) in [7, 11) is 1.67. The van der Waals surface area contributed by atoms with Gasteiger partial charge >= 0.3 is 0 Å². The van der Waals surface area contributed by atoms with Crippen molar-refractivity contribution < 1.29 is 9.53 Å². The first kappa shape index (κ1) is 21.1. The molecule has 2 aromatic heterocycles. The highest BCUT2D eigenvalue weighted by molar-refractivity contribution is 6.29. The molecule has 4 rings (SSSR count). The lowest BCUT2D eigenvalue weighted by Gasteiger charge is -2.27. The number of nitrogens with zero attached hydrogens (tertiary/aromatic N) is 3. The topological polar surface area (TPSA) is 112 Å². The quantitative estimate of drug-likeness (QED) is 0.566. The summed E-state index contributed by atoms with van der Waals surface area (Å²) >= 11 is 5.91. The molecular formula is C22H24ClN5O3. The molecule has 1 aliphatic carbocycles. The maximum Gasteiger partial charge on any atom is 0.299 e. The lowest BCUT2D eigenvalue weighted by atomic mass is 9.96. The molecule has 1 unspecified atom stereocenters. The third-order valence-corrected chi connectivity index (χ3v) is 5.78. The molecule has 1 aromatic carbocycles. The Labute approximate surface area is 184 Å². The van der Waals surface area contributed by atoms with Crippen LogP contribution in [0.3, 0.4) is 0 Å². The lowest BCUT2D eigenvalue weighted by molar-refractivity contribution is 0.0996. The molecular weight excluding hydrogens is 418 g/mol. The Morgan fingerprint density at radius 2 is 2.06 bits per heavy atom. The van der Waals surface area contributed by atoms with E-state index in [0.717, 1.165) is 30.4 Å². The monoisotopic (exact) mass is 441 g/mol. The van der Waals surface area contributed by atoms with Crippen LogP contribution in [0.25, 0.3) is 10.9 Å². The van der Waals surface area contributed by atoms with Gasteiger partial charge in [-0.05, 0) is 56.9 Å². The second-order valence-corrected chi connectivity index (χ2v) is 8.33. The Hall–Kier alpha value is -3.13. The molecule has 0 bridgehead atoms. The maximum absolute atomic E-state index is 13.0. The second-order valence-electron chi connectivity index (χ2n) is 7.94. The highest BCUT2D eigenvalue weighted by atomic mass is 35.5. The van der Waals surface area contributed by atoms with Crippen LogP contribution in [0.15, 0.2) is 29.1 Å². The van der Waals surface area contributed by atoms with Crippen molar-refractivity contribution in [1.82, 2.24) is 14.5 Å². The number of aromatic nitrogens is 3. The van der Waals surface area contributed by atoms with Crippen LogP contribution in [0.4, 0.5) is 5.69 Å². The Bertz CT molecular complexity index is 1240. The van der Waals surface area contributed by atoms with Crippen molar-refractivity contribution in [2.75, 3.05) is 5.32 Å². The van der Waals surface area contributed by atoms with E-state index in [4.69, 9.17) is 27.1 Å². The number of carbonyl (C=O) groups excluding carboxylic acids is 1. The molecule has 0 saturated heterocycles. The average molecular weight is 442 g/mol. The van der Waals surface area contributed by atoms with Gasteiger partial charge < -0.3 is 15.8 Å². The molecule has 8 nitrogen and oxygen atoms in total. The predicted octanol–water partition coefficient (Wildman–Crippen LogP) is 3.49. The number of amides is 1. The molecule has 1 saturated carbocycles. The summed E-state index contributed by atoms with van der Waals surface area (Å²) in [6.07, 6.45) is 3.14. The lowest BCUT2D eigenvalue weighted by Crippen LogP contribution is -2.29. The van der Waals surface area contributed by atoms with Gasteiger partial charge in [-0.3, -0.25) is 14.2 Å². The van der Waals surface area contributed by atoms with E-state index in [1.165, 1.54) is 4.57 Å². The summed E-state index contributed by atoms with van der Waals surface area (Å²) < 4.78 is 7.42. The number of benzene rings is 1. The van der Waals surface area contributed by atoms with Crippen molar-refractivity contribution in [3.63, 3.8) is 0 Å². The molecule has 1 amide bonds. The van der Waals surface area contributed by atoms with E-state index in [-0.39, 0.29) is 28.6 Å². The molecule has 0 spiro atoms. The zero-order chi connectivity index (χ0) is 22.3. The maximum atomic E-state index is 13.0. The first-order chi connectivity index (χ1) is 14.7. The molecule has 1 aliphatic rings. The van der Waals surface area contributed by atoms with Gasteiger partial charge in [0.2, 0.25) is 0 Å². The Morgan fingerprint density at radius 3 is 2.71 bits per heavy atom. The van der Waals surface area contributed by atoms with Crippen molar-refractivity contribution in [2.45, 2.75) is 45.3 Å². The normalized spacial score (nSPS) is 14.8. The van der Waals surface area contributed by atoms with Gasteiger partial charge in [-0.1, -0.05) is 17.7 Å². The standard InChI is InChI=1S/C22H24ClN5O3/c1-11-9-14(12(2)25-16-7-8-17(23)26-19(16)20(24)29)18-15(10-11)21(30)28(3)22(27-18)31-13-5-4-6-13/h7-10,12-13,25H,4-6H2,1-3H3,(H2,24,29). The number of anilines is 1. The number of aryl methyl sites for hydroxylation is 1. The molecule has 1 fully saturated rings. The minimum atomic E-state index is -0.686. The van der Waals surface area contributed by atoms with E-state index >= 15 is 0 Å². The van der Waals surface area contributed by atoms with E-state index in [1.807, 2.05) is 26.0 Å². The highest BCUT2D eigenvalue weighted by Gasteiger charge is 2.23. The number of carbonyl (C=O) groups is 1. The van der Waals surface area contributed by atoms with Crippen molar-refractivity contribution in [1.29, 1.82) is 0 Å². The van der Waals surface area contributed by atoms with Gasteiger partial charge in [-0.2, -0.15) is 4.98 Å². The van der Waals surface area contributed by atoms with Crippen molar-refractivity contribution in [2.24, 2.45) is 12.8 Å². The number of fused-ring (bicyclic) bond motifs is 1. The van der Waals surface area contributed by atoms with Gasteiger partial charge in [0.05, 0.1) is 22.6 Å². The van der Waals surface area contributed by atoms with Crippen LogP contribution >= 0.6 is 11.6 Å². The number of hydrogen-bond donors (Lipinski definition) is 2. The molecule has 0 aliphatic heterocycles. The van der Waals surface area contributed by atoms with Gasteiger partial charge in [0, 0.05) is 12.6 Å². The Balaban J connectivity index is 1.79. The molecule has 162 valence electrons. The number of primary amides is 1. The molecule has 9 heteroatoms. The van der Waals surface area contributed by atoms with Gasteiger partial charge in [-0.25, -0.2) is 4.98 Å². The number of hydrogen-bond acceptors (Lipinski definition) is 6. The van der Waals surface area contributed by atoms with Crippen molar-refractivity contribution in [3.05, 3.63) is 56.6 Å². The fourth-order valence-electron chi connectivity index (χ4n) is 3.66. The van der Waals surface area contributed by atoms with Crippen LogP contribution in [0.1, 0.15) is 53.8 Å². The number of nitrogens with two attached hydrogens (primary N) is 1. The van der Waals surface area contributed by atoms with Gasteiger partial charge in [0.1, 0.15) is 11.3 Å². The van der Waals surface area contributed by atoms with E-state index in [2.05, 4.69) is 10.3 Å². The Morgan fingerprint density at radius 1 is 1.32 bits per heavy atom. The smallest absolute Gasteiger partial charge is 0.299 e. The second kappa shape index (κ2) is 8.19. The van der Waals surface area contributed by atoms with Crippen LogP contribution in [0.5, 0.6) is 6.01 Å². The van der Waals surface area contributed by atoms with Crippen molar-refractivity contribution >= 4 is 34.1 Å². The largest absolute Gasteiger partial charge is 0.461 e. The number of pyridine rings is 1. The third-order valence-electron chi connectivity index (χ3n) is 5.57. The van der Waals surface area contributed by atoms with E-state index in [9.17, 15) is 9.59 Å². The zero-order valence-corrected chi connectivity index (χ0v) is 18.4. The van der Waals surface area contributed by atoms with E-state index in [0.29, 0.717) is 22.6 Å². The Kier molecular flexibility index (Phi) is 5.58. The van der Waals surface area contributed by atoms with Crippen LogP contribution < -0.4 is 21.3 Å². The van der Waals surface area contributed by atoms with Crippen LogP contribution in [0.2, 0.25) is 5.15 Å². The van der Waals surface area contributed by atoms with Crippen LogP contribution in [0, 0.1) is 6.92 Å². The van der Waals surface area contributed by atoms with Gasteiger partial charge in [-0.15, -0.1) is 0 Å². The number of halogens is 1. The molecule has 2 heterocycles. The first-order valence-electron chi connectivity index (χ1n) is 10.2. The first-order valence-corrected chi connectivity index (χ1v) is 10.5. The predicted molar refractivity (Wildman–Crippen MR) is 120 cm³/mol. The minimum Gasteiger partial charge on any atom is -0.461 e. The molecule has 3 N–H and O–H groups in total. The fraction of sp³-hybridized carbons (Fsp3) is 0.364. The average Bonchev–Trinajstić information content (AvgIpc) is 2.69. The molecule has 31 heavy (non-hydrogen) atoms. The molecule has 0 radical (unpaired) electrons. The molecule has 1 atom stereocenters. The zero-order valence-electron chi connectivity index (χ0n) is 17.6. The minimum absolute atomic E-state index is 0.0502. The third kappa shape index (κ3) is 4.07. The number of ether oxygens (including phenoxy) is 1. The molecule has 3 aromatic rings. The summed E-state index contributed by atoms with van der Waals surface area (Å²) in [5.41, 5.74) is 8.09. The number of nitrogens with one attached hydrogen (secondary N) is 1. The summed E-state index contributed by atoms with van der Waals surface area (Å²) in [6.45, 7) is 3.84. The van der Waals surface area contributed by atoms with Gasteiger partial charge in [0.15, 0.2) is 5.69 Å². The summed E-state index contributed by atoms with van der Waals surface area (Å²) in [5, 5.41) is 3.95. The van der Waals surface area contributed by atoms with Crippen molar-refractivity contribution in [3.8, 4) is 6.01 Å². The van der Waals surface area contributed by atoms with Crippen LogP contribution in [-0.2, 0) is 7.05 Å². The summed E-state index contributed by atoms with van der Waals surface area (Å²) in [6, 6.07) is 7.03. The highest BCUT2D eigenvalue weighted by Crippen LogP contribution is 2.30.